The van der Waals surface area contributed by atoms with Gasteiger partial charge in [-0.25, -0.2) is 0 Å². The van der Waals surface area contributed by atoms with Crippen molar-refractivity contribution in [1.29, 1.82) is 0 Å². The van der Waals surface area contributed by atoms with E-state index in [0.29, 0.717) is 5.69 Å². The summed E-state index contributed by atoms with van der Waals surface area (Å²) < 4.78 is 6.18. The largest absolute Gasteiger partial charge is 0.469 e. The first-order chi connectivity index (χ1) is 6.54. The predicted molar refractivity (Wildman–Crippen MR) is 62.0 cm³/mol. The summed E-state index contributed by atoms with van der Waals surface area (Å²) in [5.74, 6) is -0.279. The molecule has 0 aliphatic rings. The number of hydrogen-bond acceptors (Lipinski definition) is 3. The summed E-state index contributed by atoms with van der Waals surface area (Å²) in [6.45, 7) is 0. The Morgan fingerprint density at radius 1 is 1.50 bits per heavy atom. The highest BCUT2D eigenvalue weighted by atomic mass is 79.9. The number of anilines is 1. The van der Waals surface area contributed by atoms with E-state index in [2.05, 4.69) is 36.6 Å². The average Bonchev–Trinajstić information content (AvgIpc) is 2.14. The number of nitrogen functional groups attached to an aromatic ring is 1. The Balaban J connectivity index is 2.95. The molecule has 1 aromatic carbocycles. The third-order valence-electron chi connectivity index (χ3n) is 1.69. The van der Waals surface area contributed by atoms with Crippen LogP contribution in [0.4, 0.5) is 5.69 Å². The molecule has 0 heterocycles. The molecule has 0 saturated carbocycles. The van der Waals surface area contributed by atoms with Gasteiger partial charge in [0, 0.05) is 10.2 Å². The van der Waals surface area contributed by atoms with Crippen molar-refractivity contribution in [1.82, 2.24) is 0 Å². The molecule has 0 aliphatic heterocycles. The van der Waals surface area contributed by atoms with E-state index in [4.69, 9.17) is 5.73 Å². The van der Waals surface area contributed by atoms with Crippen molar-refractivity contribution in [3.05, 3.63) is 26.6 Å². The SMILES string of the molecule is COC(=O)Cc1cc(N)c(Br)c(Br)c1. The van der Waals surface area contributed by atoms with Crippen LogP contribution in [-0.2, 0) is 16.0 Å². The van der Waals surface area contributed by atoms with Gasteiger partial charge in [-0.2, -0.15) is 0 Å². The second-order valence-corrected chi connectivity index (χ2v) is 4.38. The van der Waals surface area contributed by atoms with E-state index in [1.807, 2.05) is 6.07 Å². The third kappa shape index (κ3) is 2.72. The van der Waals surface area contributed by atoms with Crippen LogP contribution in [0.1, 0.15) is 5.56 Å². The molecule has 0 aliphatic carbocycles. The molecule has 0 aromatic heterocycles. The minimum absolute atomic E-state index is 0.229. The van der Waals surface area contributed by atoms with Crippen molar-refractivity contribution in [2.75, 3.05) is 12.8 Å². The van der Waals surface area contributed by atoms with Crippen molar-refractivity contribution in [2.24, 2.45) is 0 Å². The first-order valence-corrected chi connectivity index (χ1v) is 5.43. The van der Waals surface area contributed by atoms with E-state index in [0.717, 1.165) is 14.5 Å². The number of benzene rings is 1. The summed E-state index contributed by atoms with van der Waals surface area (Å²) in [5, 5.41) is 0. The van der Waals surface area contributed by atoms with E-state index in [1.165, 1.54) is 7.11 Å². The van der Waals surface area contributed by atoms with Crippen molar-refractivity contribution in [3.8, 4) is 0 Å². The lowest BCUT2D eigenvalue weighted by molar-refractivity contribution is -0.139. The smallest absolute Gasteiger partial charge is 0.309 e. The molecule has 1 rings (SSSR count). The predicted octanol–water partition coefficient (Wildman–Crippen LogP) is 2.51. The molecular formula is C9H9Br2NO2. The van der Waals surface area contributed by atoms with Crippen LogP contribution in [0.5, 0.6) is 0 Å². The van der Waals surface area contributed by atoms with Gasteiger partial charge in [-0.05, 0) is 49.6 Å². The minimum atomic E-state index is -0.279. The Hall–Kier alpha value is -0.550. The van der Waals surface area contributed by atoms with Crippen LogP contribution in [-0.4, -0.2) is 13.1 Å². The van der Waals surface area contributed by atoms with Gasteiger partial charge in [0.2, 0.25) is 0 Å². The Morgan fingerprint density at radius 3 is 2.64 bits per heavy atom. The Bertz CT molecular complexity index is 343. The number of hydrogen-bond donors (Lipinski definition) is 1. The maximum atomic E-state index is 11.0. The van der Waals surface area contributed by atoms with Gasteiger partial charge < -0.3 is 10.5 Å². The van der Waals surface area contributed by atoms with Crippen LogP contribution in [0.3, 0.4) is 0 Å². The highest BCUT2D eigenvalue weighted by Gasteiger charge is 2.07. The first kappa shape index (κ1) is 11.5. The van der Waals surface area contributed by atoms with Gasteiger partial charge in [-0.1, -0.05) is 0 Å². The molecule has 2 N–H and O–H groups in total. The summed E-state index contributed by atoms with van der Waals surface area (Å²) in [5.41, 5.74) is 7.13. The van der Waals surface area contributed by atoms with Gasteiger partial charge in [0.1, 0.15) is 0 Å². The van der Waals surface area contributed by atoms with Crippen LogP contribution in [0.15, 0.2) is 21.1 Å². The number of ether oxygens (including phenoxy) is 1. The lowest BCUT2D eigenvalue weighted by atomic mass is 10.1. The lowest BCUT2D eigenvalue weighted by Gasteiger charge is -2.05. The van der Waals surface area contributed by atoms with Gasteiger partial charge >= 0.3 is 5.97 Å². The van der Waals surface area contributed by atoms with Crippen molar-refractivity contribution >= 4 is 43.5 Å². The fraction of sp³-hybridized carbons (Fsp3) is 0.222. The highest BCUT2D eigenvalue weighted by molar-refractivity contribution is 9.13. The van der Waals surface area contributed by atoms with Crippen LogP contribution in [0, 0.1) is 0 Å². The van der Waals surface area contributed by atoms with Crippen LogP contribution < -0.4 is 5.73 Å². The number of carbonyl (C=O) groups is 1. The van der Waals surface area contributed by atoms with Crippen LogP contribution in [0.2, 0.25) is 0 Å². The second-order valence-electron chi connectivity index (χ2n) is 2.73. The summed E-state index contributed by atoms with van der Waals surface area (Å²) in [7, 11) is 1.36. The van der Waals surface area contributed by atoms with Gasteiger partial charge in [0.25, 0.3) is 0 Å². The molecule has 0 radical (unpaired) electrons. The average molecular weight is 323 g/mol. The Kier molecular flexibility index (Phi) is 3.95. The summed E-state index contributed by atoms with van der Waals surface area (Å²) in [6, 6.07) is 3.57. The molecule has 3 nitrogen and oxygen atoms in total. The van der Waals surface area contributed by atoms with E-state index in [9.17, 15) is 4.79 Å². The number of esters is 1. The fourth-order valence-corrected chi connectivity index (χ4v) is 1.76. The normalized spacial score (nSPS) is 9.93. The van der Waals surface area contributed by atoms with E-state index in [1.54, 1.807) is 6.07 Å². The van der Waals surface area contributed by atoms with E-state index >= 15 is 0 Å². The van der Waals surface area contributed by atoms with E-state index in [-0.39, 0.29) is 12.4 Å². The molecule has 0 bridgehead atoms. The number of rotatable bonds is 2. The zero-order valence-corrected chi connectivity index (χ0v) is 10.7. The van der Waals surface area contributed by atoms with Crippen LogP contribution in [0.25, 0.3) is 0 Å². The molecular weight excluding hydrogens is 314 g/mol. The number of carbonyl (C=O) groups excluding carboxylic acids is 1. The zero-order valence-electron chi connectivity index (χ0n) is 7.51. The summed E-state index contributed by atoms with van der Waals surface area (Å²) in [4.78, 5) is 11.0. The maximum absolute atomic E-state index is 11.0. The van der Waals surface area contributed by atoms with Gasteiger partial charge in [0.05, 0.1) is 18.0 Å². The quantitative estimate of drug-likeness (QED) is 0.672. The Morgan fingerprint density at radius 2 is 2.14 bits per heavy atom. The number of halogens is 2. The highest BCUT2D eigenvalue weighted by Crippen LogP contribution is 2.30. The molecule has 0 spiro atoms. The number of nitrogens with two attached hydrogens (primary N) is 1. The molecule has 76 valence electrons. The third-order valence-corrected chi connectivity index (χ3v) is 3.73. The molecule has 0 unspecified atom stereocenters. The monoisotopic (exact) mass is 321 g/mol. The molecule has 14 heavy (non-hydrogen) atoms. The summed E-state index contributed by atoms with van der Waals surface area (Å²) in [6.07, 6.45) is 0.229. The molecule has 0 atom stereocenters. The molecule has 0 saturated heterocycles. The topological polar surface area (TPSA) is 52.3 Å². The Labute approximate surface area is 98.9 Å². The van der Waals surface area contributed by atoms with Crippen molar-refractivity contribution in [3.63, 3.8) is 0 Å². The first-order valence-electron chi connectivity index (χ1n) is 3.84. The van der Waals surface area contributed by atoms with Gasteiger partial charge in [-0.3, -0.25) is 4.79 Å². The van der Waals surface area contributed by atoms with E-state index < -0.39 is 0 Å². The van der Waals surface area contributed by atoms with Crippen molar-refractivity contribution in [2.45, 2.75) is 6.42 Å². The molecule has 5 heteroatoms. The zero-order chi connectivity index (χ0) is 10.7. The standard InChI is InChI=1S/C9H9Br2NO2/c1-14-8(13)4-5-2-6(10)9(11)7(12)3-5/h2-3H,4,12H2,1H3. The molecule has 0 fully saturated rings. The van der Waals surface area contributed by atoms with Crippen LogP contribution >= 0.6 is 31.9 Å². The number of methoxy groups -OCH3 is 1. The fourth-order valence-electron chi connectivity index (χ4n) is 1.01. The maximum Gasteiger partial charge on any atom is 0.309 e. The van der Waals surface area contributed by atoms with Gasteiger partial charge in [0.15, 0.2) is 0 Å². The molecule has 0 amide bonds. The minimum Gasteiger partial charge on any atom is -0.469 e. The molecule has 1 aromatic rings. The summed E-state index contributed by atoms with van der Waals surface area (Å²) >= 11 is 6.64. The van der Waals surface area contributed by atoms with Gasteiger partial charge in [-0.15, -0.1) is 0 Å². The van der Waals surface area contributed by atoms with Crippen molar-refractivity contribution < 1.29 is 9.53 Å². The lowest BCUT2D eigenvalue weighted by Crippen LogP contribution is -2.05. The second kappa shape index (κ2) is 4.79.